The average Bonchev–Trinajstić information content (AvgIpc) is 2.71. The van der Waals surface area contributed by atoms with Crippen LogP contribution in [-0.2, 0) is 0 Å². The topological polar surface area (TPSA) is 37.8 Å². The van der Waals surface area contributed by atoms with Crippen molar-refractivity contribution in [3.8, 4) is 0 Å². The van der Waals surface area contributed by atoms with Gasteiger partial charge in [0.25, 0.3) is 5.56 Å². The summed E-state index contributed by atoms with van der Waals surface area (Å²) in [5, 5.41) is 3.23. The Kier molecular flexibility index (Phi) is 2.48. The summed E-state index contributed by atoms with van der Waals surface area (Å²) in [6, 6.07) is 2.16. The summed E-state index contributed by atoms with van der Waals surface area (Å²) in [4.78, 5) is 11.7. The molecule has 1 heterocycles. The maximum atomic E-state index is 11.7. The summed E-state index contributed by atoms with van der Waals surface area (Å²) in [5.41, 5.74) is 1.20. The van der Waals surface area contributed by atoms with Crippen LogP contribution in [0.3, 0.4) is 0 Å². The normalized spacial score (nSPS) is 18.2. The van der Waals surface area contributed by atoms with Crippen LogP contribution >= 0.6 is 0 Å². The molecule has 3 heteroatoms. The maximum Gasteiger partial charge on any atom is 0.266 e. The average molecular weight is 194 g/mol. The second-order valence-electron chi connectivity index (χ2n) is 4.51. The van der Waals surface area contributed by atoms with Crippen LogP contribution in [-0.4, -0.2) is 9.78 Å². The van der Waals surface area contributed by atoms with E-state index in [4.69, 9.17) is 0 Å². The quantitative estimate of drug-likeness (QED) is 0.771. The molecular formula is C11H18N2O. The minimum Gasteiger partial charge on any atom is -0.299 e. The molecule has 2 rings (SSSR count). The lowest BCUT2D eigenvalue weighted by atomic mass is 10.1. The standard InChI is InChI=1S/C11H18N2O/c1-8(2)10-7-11(14)13(12-10)9-5-3-4-6-9/h7-9,12H,3-6H2,1-2H3. The predicted octanol–water partition coefficient (Wildman–Crippen LogP) is 2.41. The summed E-state index contributed by atoms with van der Waals surface area (Å²) >= 11 is 0. The van der Waals surface area contributed by atoms with Gasteiger partial charge in [0.1, 0.15) is 0 Å². The van der Waals surface area contributed by atoms with Crippen LogP contribution in [0.25, 0.3) is 0 Å². The second kappa shape index (κ2) is 3.64. The van der Waals surface area contributed by atoms with Crippen LogP contribution < -0.4 is 5.56 Å². The molecule has 0 radical (unpaired) electrons. The first-order valence-electron chi connectivity index (χ1n) is 5.50. The van der Waals surface area contributed by atoms with Gasteiger partial charge in [0, 0.05) is 11.8 Å². The third kappa shape index (κ3) is 1.63. The van der Waals surface area contributed by atoms with Crippen molar-refractivity contribution in [1.29, 1.82) is 0 Å². The molecule has 0 saturated heterocycles. The number of aromatic nitrogens is 2. The van der Waals surface area contributed by atoms with Crippen LogP contribution in [0.1, 0.15) is 57.2 Å². The van der Waals surface area contributed by atoms with E-state index in [1.54, 1.807) is 6.07 Å². The molecule has 1 fully saturated rings. The van der Waals surface area contributed by atoms with Crippen molar-refractivity contribution in [2.45, 2.75) is 51.5 Å². The summed E-state index contributed by atoms with van der Waals surface area (Å²) in [6.07, 6.45) is 4.82. The van der Waals surface area contributed by atoms with Gasteiger partial charge in [-0.15, -0.1) is 0 Å². The van der Waals surface area contributed by atoms with E-state index in [2.05, 4.69) is 18.9 Å². The summed E-state index contributed by atoms with van der Waals surface area (Å²) < 4.78 is 1.82. The van der Waals surface area contributed by atoms with E-state index in [0.717, 1.165) is 18.5 Å². The fourth-order valence-corrected chi connectivity index (χ4v) is 2.16. The number of nitrogens with one attached hydrogen (secondary N) is 1. The van der Waals surface area contributed by atoms with E-state index >= 15 is 0 Å². The number of H-pyrrole nitrogens is 1. The van der Waals surface area contributed by atoms with Crippen molar-refractivity contribution in [3.63, 3.8) is 0 Å². The van der Waals surface area contributed by atoms with Gasteiger partial charge in [0.15, 0.2) is 0 Å². The first-order chi connectivity index (χ1) is 6.68. The number of rotatable bonds is 2. The molecule has 3 nitrogen and oxygen atoms in total. The van der Waals surface area contributed by atoms with Crippen LogP contribution in [0.2, 0.25) is 0 Å². The van der Waals surface area contributed by atoms with E-state index in [9.17, 15) is 4.79 Å². The fourth-order valence-electron chi connectivity index (χ4n) is 2.16. The lowest BCUT2D eigenvalue weighted by Crippen LogP contribution is -2.19. The molecule has 78 valence electrons. The van der Waals surface area contributed by atoms with Gasteiger partial charge in [0.05, 0.1) is 6.04 Å². The summed E-state index contributed by atoms with van der Waals surface area (Å²) in [6.45, 7) is 4.20. The second-order valence-corrected chi connectivity index (χ2v) is 4.51. The van der Waals surface area contributed by atoms with Crippen LogP contribution in [0.5, 0.6) is 0 Å². The Bertz CT molecular complexity index is 356. The minimum atomic E-state index is 0.139. The van der Waals surface area contributed by atoms with Gasteiger partial charge in [-0.25, -0.2) is 4.68 Å². The van der Waals surface area contributed by atoms with Gasteiger partial charge in [0.2, 0.25) is 0 Å². The lowest BCUT2D eigenvalue weighted by molar-refractivity contribution is 0.449. The Balaban J connectivity index is 2.29. The fraction of sp³-hybridized carbons (Fsp3) is 0.727. The molecule has 1 aromatic heterocycles. The third-order valence-electron chi connectivity index (χ3n) is 3.08. The highest BCUT2D eigenvalue weighted by Crippen LogP contribution is 2.27. The third-order valence-corrected chi connectivity index (χ3v) is 3.08. The molecule has 0 unspecified atom stereocenters. The molecule has 14 heavy (non-hydrogen) atoms. The van der Waals surface area contributed by atoms with Gasteiger partial charge in [-0.3, -0.25) is 9.89 Å². The van der Waals surface area contributed by atoms with Crippen LogP contribution in [0.15, 0.2) is 10.9 Å². The minimum absolute atomic E-state index is 0.139. The molecule has 1 aliphatic carbocycles. The zero-order valence-electron chi connectivity index (χ0n) is 8.92. The van der Waals surface area contributed by atoms with Gasteiger partial charge in [-0.1, -0.05) is 26.7 Å². The first-order valence-corrected chi connectivity index (χ1v) is 5.50. The molecule has 0 spiro atoms. The van der Waals surface area contributed by atoms with E-state index in [-0.39, 0.29) is 5.56 Å². The predicted molar refractivity (Wildman–Crippen MR) is 56.6 cm³/mol. The van der Waals surface area contributed by atoms with Gasteiger partial charge < -0.3 is 0 Å². The van der Waals surface area contributed by atoms with Crippen molar-refractivity contribution in [3.05, 3.63) is 22.1 Å². The Morgan fingerprint density at radius 3 is 2.57 bits per heavy atom. The van der Waals surface area contributed by atoms with E-state index in [1.165, 1.54) is 12.8 Å². The molecule has 1 N–H and O–H groups in total. The molecular weight excluding hydrogens is 176 g/mol. The first kappa shape index (κ1) is 9.56. The Morgan fingerprint density at radius 2 is 2.07 bits per heavy atom. The Hall–Kier alpha value is -0.990. The van der Waals surface area contributed by atoms with E-state index in [0.29, 0.717) is 12.0 Å². The molecule has 0 aromatic carbocycles. The molecule has 0 aliphatic heterocycles. The molecule has 0 bridgehead atoms. The number of aromatic amines is 1. The monoisotopic (exact) mass is 194 g/mol. The van der Waals surface area contributed by atoms with Crippen molar-refractivity contribution < 1.29 is 0 Å². The van der Waals surface area contributed by atoms with Crippen molar-refractivity contribution in [2.24, 2.45) is 0 Å². The highest BCUT2D eigenvalue weighted by molar-refractivity contribution is 5.05. The maximum absolute atomic E-state index is 11.7. The van der Waals surface area contributed by atoms with Crippen molar-refractivity contribution in [2.75, 3.05) is 0 Å². The van der Waals surface area contributed by atoms with Crippen LogP contribution in [0.4, 0.5) is 0 Å². The zero-order chi connectivity index (χ0) is 10.1. The largest absolute Gasteiger partial charge is 0.299 e. The molecule has 1 aliphatic rings. The number of nitrogens with zero attached hydrogens (tertiary/aromatic N) is 1. The van der Waals surface area contributed by atoms with Gasteiger partial charge in [-0.2, -0.15) is 0 Å². The highest BCUT2D eigenvalue weighted by atomic mass is 16.1. The molecule has 0 atom stereocenters. The lowest BCUT2D eigenvalue weighted by Gasteiger charge is -2.10. The summed E-state index contributed by atoms with van der Waals surface area (Å²) in [5.74, 6) is 0.408. The Labute approximate surface area is 84.1 Å². The van der Waals surface area contributed by atoms with Crippen LogP contribution in [0, 0.1) is 0 Å². The number of hydrogen-bond donors (Lipinski definition) is 1. The van der Waals surface area contributed by atoms with E-state index < -0.39 is 0 Å². The smallest absolute Gasteiger partial charge is 0.266 e. The van der Waals surface area contributed by atoms with Crippen molar-refractivity contribution in [1.82, 2.24) is 9.78 Å². The van der Waals surface area contributed by atoms with Gasteiger partial charge >= 0.3 is 0 Å². The summed E-state index contributed by atoms with van der Waals surface area (Å²) in [7, 11) is 0. The van der Waals surface area contributed by atoms with Gasteiger partial charge in [-0.05, 0) is 18.8 Å². The zero-order valence-corrected chi connectivity index (χ0v) is 8.92. The molecule has 0 amide bonds. The van der Waals surface area contributed by atoms with Crippen molar-refractivity contribution >= 4 is 0 Å². The molecule has 1 saturated carbocycles. The highest BCUT2D eigenvalue weighted by Gasteiger charge is 2.19. The van der Waals surface area contributed by atoms with E-state index in [1.807, 2.05) is 4.68 Å². The Morgan fingerprint density at radius 1 is 1.43 bits per heavy atom. The molecule has 1 aromatic rings. The number of hydrogen-bond acceptors (Lipinski definition) is 1. The SMILES string of the molecule is CC(C)c1cc(=O)n(C2CCCC2)[nH]1.